The molecule has 2 heterocycles. The predicted octanol–water partition coefficient (Wildman–Crippen LogP) is 3.52. The average Bonchev–Trinajstić information content (AvgIpc) is 3.10. The van der Waals surface area contributed by atoms with E-state index in [4.69, 9.17) is 0 Å². The SMILES string of the molecule is CC(C)(C)c1cn2nc(NCCNc3ccc([N+](=O)[O-])cc3)sc2n1. The molecule has 25 heavy (non-hydrogen) atoms. The van der Waals surface area contributed by atoms with Crippen molar-refractivity contribution in [2.75, 3.05) is 23.7 Å². The van der Waals surface area contributed by atoms with Crippen LogP contribution in [0.15, 0.2) is 30.5 Å². The zero-order valence-electron chi connectivity index (χ0n) is 14.3. The quantitative estimate of drug-likeness (QED) is 0.396. The van der Waals surface area contributed by atoms with Gasteiger partial charge in [-0.15, -0.1) is 5.10 Å². The summed E-state index contributed by atoms with van der Waals surface area (Å²) >= 11 is 1.51. The number of benzene rings is 1. The molecule has 0 amide bonds. The Balaban J connectivity index is 1.51. The normalized spacial score (nSPS) is 11.6. The van der Waals surface area contributed by atoms with Crippen LogP contribution < -0.4 is 10.6 Å². The molecule has 8 nitrogen and oxygen atoms in total. The lowest BCUT2D eigenvalue weighted by molar-refractivity contribution is -0.384. The summed E-state index contributed by atoms with van der Waals surface area (Å²) in [5.41, 5.74) is 1.97. The number of rotatable bonds is 6. The van der Waals surface area contributed by atoms with Gasteiger partial charge in [0.05, 0.1) is 16.8 Å². The summed E-state index contributed by atoms with van der Waals surface area (Å²) in [7, 11) is 0. The van der Waals surface area contributed by atoms with E-state index >= 15 is 0 Å². The van der Waals surface area contributed by atoms with E-state index in [1.807, 2.05) is 6.20 Å². The Morgan fingerprint density at radius 3 is 2.48 bits per heavy atom. The van der Waals surface area contributed by atoms with Crippen LogP contribution in [-0.4, -0.2) is 32.6 Å². The molecule has 0 bridgehead atoms. The average molecular weight is 360 g/mol. The van der Waals surface area contributed by atoms with Crippen LogP contribution in [0.4, 0.5) is 16.5 Å². The number of hydrogen-bond acceptors (Lipinski definition) is 7. The lowest BCUT2D eigenvalue weighted by atomic mass is 9.93. The Morgan fingerprint density at radius 2 is 1.88 bits per heavy atom. The van der Waals surface area contributed by atoms with E-state index in [-0.39, 0.29) is 11.1 Å². The zero-order valence-corrected chi connectivity index (χ0v) is 15.1. The van der Waals surface area contributed by atoms with Gasteiger partial charge in [-0.2, -0.15) is 0 Å². The molecule has 0 radical (unpaired) electrons. The number of nitro groups is 1. The molecule has 0 unspecified atom stereocenters. The van der Waals surface area contributed by atoms with Crippen LogP contribution in [0.1, 0.15) is 26.5 Å². The second-order valence-corrected chi connectivity index (χ2v) is 7.62. The highest BCUT2D eigenvalue weighted by atomic mass is 32.1. The number of imidazole rings is 1. The van der Waals surface area contributed by atoms with Gasteiger partial charge in [0.15, 0.2) is 0 Å². The maximum Gasteiger partial charge on any atom is 0.269 e. The molecule has 0 aliphatic heterocycles. The van der Waals surface area contributed by atoms with Crippen LogP contribution in [0, 0.1) is 10.1 Å². The molecule has 0 saturated heterocycles. The number of aromatic nitrogens is 3. The minimum absolute atomic E-state index is 0.00961. The number of non-ortho nitro benzene ring substituents is 1. The van der Waals surface area contributed by atoms with Crippen molar-refractivity contribution in [2.45, 2.75) is 26.2 Å². The summed E-state index contributed by atoms with van der Waals surface area (Å²) in [6.07, 6.45) is 1.96. The molecule has 9 heteroatoms. The van der Waals surface area contributed by atoms with Crippen molar-refractivity contribution in [1.82, 2.24) is 14.6 Å². The molecule has 3 rings (SSSR count). The van der Waals surface area contributed by atoms with Crippen molar-refractivity contribution in [3.05, 3.63) is 46.3 Å². The van der Waals surface area contributed by atoms with Crippen molar-refractivity contribution >= 4 is 32.8 Å². The van der Waals surface area contributed by atoms with E-state index in [1.54, 1.807) is 16.6 Å². The van der Waals surface area contributed by atoms with Crippen molar-refractivity contribution < 1.29 is 4.92 Å². The van der Waals surface area contributed by atoms with E-state index < -0.39 is 4.92 Å². The first-order valence-electron chi connectivity index (χ1n) is 7.92. The first kappa shape index (κ1) is 17.2. The van der Waals surface area contributed by atoms with Crippen LogP contribution in [0.3, 0.4) is 0 Å². The van der Waals surface area contributed by atoms with Crippen LogP contribution in [-0.2, 0) is 5.41 Å². The largest absolute Gasteiger partial charge is 0.383 e. The molecule has 1 aromatic carbocycles. The third-order valence-electron chi connectivity index (χ3n) is 3.62. The van der Waals surface area contributed by atoms with Crippen LogP contribution >= 0.6 is 11.3 Å². The molecule has 0 fully saturated rings. The lowest BCUT2D eigenvalue weighted by Crippen LogP contribution is -2.13. The number of nitro benzene ring substituents is 1. The number of anilines is 2. The third-order valence-corrected chi connectivity index (χ3v) is 4.50. The minimum atomic E-state index is -0.408. The van der Waals surface area contributed by atoms with Crippen molar-refractivity contribution in [3.8, 4) is 0 Å². The Kier molecular flexibility index (Phi) is 4.58. The van der Waals surface area contributed by atoms with Gasteiger partial charge in [0.25, 0.3) is 5.69 Å². The monoisotopic (exact) mass is 360 g/mol. The Morgan fingerprint density at radius 1 is 1.20 bits per heavy atom. The fourth-order valence-corrected chi connectivity index (χ4v) is 3.02. The minimum Gasteiger partial charge on any atom is -0.383 e. The van der Waals surface area contributed by atoms with Gasteiger partial charge < -0.3 is 10.6 Å². The second kappa shape index (κ2) is 6.67. The van der Waals surface area contributed by atoms with Crippen molar-refractivity contribution in [3.63, 3.8) is 0 Å². The summed E-state index contributed by atoms with van der Waals surface area (Å²) in [6.45, 7) is 7.74. The van der Waals surface area contributed by atoms with Gasteiger partial charge in [0.1, 0.15) is 0 Å². The molecule has 2 N–H and O–H groups in total. The van der Waals surface area contributed by atoms with E-state index in [9.17, 15) is 10.1 Å². The molecule has 0 spiro atoms. The Hall–Kier alpha value is -2.68. The van der Waals surface area contributed by atoms with Gasteiger partial charge in [-0.05, 0) is 12.1 Å². The predicted molar refractivity (Wildman–Crippen MR) is 99.6 cm³/mol. The summed E-state index contributed by atoms with van der Waals surface area (Å²) in [4.78, 5) is 15.7. The summed E-state index contributed by atoms with van der Waals surface area (Å²) < 4.78 is 1.80. The van der Waals surface area contributed by atoms with E-state index in [0.717, 1.165) is 21.5 Å². The van der Waals surface area contributed by atoms with Gasteiger partial charge in [0, 0.05) is 36.3 Å². The number of fused-ring (bicyclic) bond motifs is 1. The maximum absolute atomic E-state index is 10.6. The smallest absolute Gasteiger partial charge is 0.269 e. The van der Waals surface area contributed by atoms with E-state index in [1.165, 1.54) is 23.5 Å². The van der Waals surface area contributed by atoms with Crippen LogP contribution in [0.5, 0.6) is 0 Å². The topological polar surface area (TPSA) is 97.4 Å². The van der Waals surface area contributed by atoms with Gasteiger partial charge >= 0.3 is 0 Å². The summed E-state index contributed by atoms with van der Waals surface area (Å²) in [6, 6.07) is 6.37. The first-order valence-corrected chi connectivity index (χ1v) is 8.73. The fraction of sp³-hybridized carbons (Fsp3) is 0.375. The Bertz CT molecular complexity index is 847. The molecule has 0 aliphatic rings. The highest BCUT2D eigenvalue weighted by Gasteiger charge is 2.19. The summed E-state index contributed by atoms with van der Waals surface area (Å²) in [5, 5.41) is 22.4. The molecular formula is C16H20N6O2S. The second-order valence-electron chi connectivity index (χ2n) is 6.67. The highest BCUT2D eigenvalue weighted by molar-refractivity contribution is 7.20. The Labute approximate surface area is 149 Å². The standard InChI is InChI=1S/C16H20N6O2S/c1-16(2,3)13-10-21-15(19-13)25-14(20-21)18-9-8-17-11-4-6-12(7-5-11)22(23)24/h4-7,10,17H,8-9H2,1-3H3,(H,18,20). The molecule has 132 valence electrons. The number of nitrogens with one attached hydrogen (secondary N) is 2. The maximum atomic E-state index is 10.6. The van der Waals surface area contributed by atoms with Crippen molar-refractivity contribution in [1.29, 1.82) is 0 Å². The highest BCUT2D eigenvalue weighted by Crippen LogP contribution is 2.25. The molecule has 0 atom stereocenters. The van der Waals surface area contributed by atoms with Crippen LogP contribution in [0.25, 0.3) is 4.96 Å². The van der Waals surface area contributed by atoms with Crippen molar-refractivity contribution in [2.24, 2.45) is 0 Å². The molecule has 2 aromatic heterocycles. The fourth-order valence-electron chi connectivity index (χ4n) is 2.21. The zero-order chi connectivity index (χ0) is 18.0. The molecule has 0 saturated carbocycles. The van der Waals surface area contributed by atoms with Crippen LogP contribution in [0.2, 0.25) is 0 Å². The third kappa shape index (κ3) is 4.05. The lowest BCUT2D eigenvalue weighted by Gasteiger charge is -2.13. The van der Waals surface area contributed by atoms with Gasteiger partial charge in [0.2, 0.25) is 10.1 Å². The summed E-state index contributed by atoms with van der Waals surface area (Å²) in [5.74, 6) is 0. The van der Waals surface area contributed by atoms with Gasteiger partial charge in [-0.3, -0.25) is 10.1 Å². The van der Waals surface area contributed by atoms with Gasteiger partial charge in [-0.1, -0.05) is 32.1 Å². The first-order chi connectivity index (χ1) is 11.8. The van der Waals surface area contributed by atoms with E-state index in [0.29, 0.717) is 13.1 Å². The van der Waals surface area contributed by atoms with Gasteiger partial charge in [-0.25, -0.2) is 9.50 Å². The van der Waals surface area contributed by atoms with E-state index in [2.05, 4.69) is 41.5 Å². The molecule has 0 aliphatic carbocycles. The molecule has 3 aromatic rings. The number of hydrogen-bond donors (Lipinski definition) is 2. The molecular weight excluding hydrogens is 340 g/mol. The number of nitrogens with zero attached hydrogens (tertiary/aromatic N) is 4.